The van der Waals surface area contributed by atoms with Crippen molar-refractivity contribution in [2.75, 3.05) is 6.61 Å². The predicted octanol–water partition coefficient (Wildman–Crippen LogP) is 4.11. The minimum Gasteiger partial charge on any atom is -0.463 e. The molecule has 20 heavy (non-hydrogen) atoms. The molecule has 1 aliphatic rings. The van der Waals surface area contributed by atoms with Gasteiger partial charge in [0.05, 0.1) is 12.9 Å². The molecule has 0 saturated carbocycles. The molecule has 0 bridgehead atoms. The van der Waals surface area contributed by atoms with Crippen molar-refractivity contribution in [1.82, 2.24) is 0 Å². The second-order valence-electron chi connectivity index (χ2n) is 3.69. The first-order valence-electron chi connectivity index (χ1n) is 6.39. The van der Waals surface area contributed by atoms with Gasteiger partial charge in [-0.1, -0.05) is 44.2 Å². The van der Waals surface area contributed by atoms with Crippen molar-refractivity contribution in [2.45, 2.75) is 39.5 Å². The van der Waals surface area contributed by atoms with E-state index < -0.39 is 0 Å². The SMILES string of the molecule is C=CC(=O)OCCCC.C=COC(C)=O.ClC1=CCC1. The molecule has 0 N–H and O–H groups in total. The van der Waals surface area contributed by atoms with E-state index in [9.17, 15) is 9.59 Å². The molecule has 0 unspecified atom stereocenters. The molecule has 0 spiro atoms. The monoisotopic (exact) mass is 302 g/mol. The number of rotatable bonds is 5. The van der Waals surface area contributed by atoms with Crippen LogP contribution in [0.5, 0.6) is 0 Å². The quantitative estimate of drug-likeness (QED) is 0.332. The van der Waals surface area contributed by atoms with Crippen LogP contribution in [-0.2, 0) is 19.1 Å². The number of halogens is 1. The van der Waals surface area contributed by atoms with Crippen molar-refractivity contribution in [3.63, 3.8) is 0 Å². The van der Waals surface area contributed by atoms with Gasteiger partial charge in [-0.3, -0.25) is 4.79 Å². The van der Waals surface area contributed by atoms with Gasteiger partial charge >= 0.3 is 11.9 Å². The van der Waals surface area contributed by atoms with Gasteiger partial charge in [0.2, 0.25) is 0 Å². The number of allylic oxidation sites excluding steroid dienone is 2. The molecular formula is C15H23ClO4. The van der Waals surface area contributed by atoms with Gasteiger partial charge in [0, 0.05) is 18.0 Å². The lowest BCUT2D eigenvalue weighted by Crippen LogP contribution is -2.00. The maximum absolute atomic E-state index is 10.3. The average molecular weight is 303 g/mol. The van der Waals surface area contributed by atoms with Crippen LogP contribution in [0.4, 0.5) is 0 Å². The summed E-state index contributed by atoms with van der Waals surface area (Å²) in [5, 5.41) is 1.03. The maximum Gasteiger partial charge on any atom is 0.330 e. The van der Waals surface area contributed by atoms with Crippen molar-refractivity contribution in [3.8, 4) is 0 Å². The van der Waals surface area contributed by atoms with Crippen molar-refractivity contribution >= 4 is 23.5 Å². The zero-order valence-corrected chi connectivity index (χ0v) is 12.9. The standard InChI is InChI=1S/C7H12O2.C4H5Cl.C4H6O2/c1-3-5-6-9-7(8)4-2;5-4-2-1-3-4;1-3-6-4(2)5/h4H,2-3,5-6H2,1H3;2H,1,3H2;3H,1H2,2H3. The summed E-state index contributed by atoms with van der Waals surface area (Å²) in [6, 6.07) is 0. The Bertz CT molecular complexity index is 335. The van der Waals surface area contributed by atoms with Crippen LogP contribution in [0.2, 0.25) is 0 Å². The normalized spacial score (nSPS) is 11.1. The number of hydrogen-bond acceptors (Lipinski definition) is 4. The van der Waals surface area contributed by atoms with Crippen LogP contribution in [0.15, 0.2) is 36.6 Å². The molecule has 0 atom stereocenters. The van der Waals surface area contributed by atoms with Crippen molar-refractivity contribution in [1.29, 1.82) is 0 Å². The summed E-state index contributed by atoms with van der Waals surface area (Å²) in [6.45, 7) is 10.3. The number of unbranched alkanes of at least 4 members (excludes halogenated alkanes) is 1. The van der Waals surface area contributed by atoms with Crippen LogP contribution >= 0.6 is 11.6 Å². The molecule has 1 aliphatic carbocycles. The number of esters is 2. The third-order valence-corrected chi connectivity index (χ3v) is 2.25. The summed E-state index contributed by atoms with van der Waals surface area (Å²) >= 11 is 5.41. The Hall–Kier alpha value is -1.55. The summed E-state index contributed by atoms with van der Waals surface area (Å²) in [4.78, 5) is 20.1. The van der Waals surface area contributed by atoms with E-state index >= 15 is 0 Å². The van der Waals surface area contributed by atoms with E-state index in [0.717, 1.165) is 30.6 Å². The van der Waals surface area contributed by atoms with Crippen LogP contribution in [-0.4, -0.2) is 18.5 Å². The molecule has 114 valence electrons. The first kappa shape index (κ1) is 20.8. The number of ether oxygens (including phenoxy) is 2. The lowest BCUT2D eigenvalue weighted by Gasteiger charge is -2.02. The highest BCUT2D eigenvalue weighted by Crippen LogP contribution is 2.20. The second-order valence-corrected chi connectivity index (χ2v) is 4.18. The molecule has 0 radical (unpaired) electrons. The van der Waals surface area contributed by atoms with E-state index in [4.69, 9.17) is 11.6 Å². The van der Waals surface area contributed by atoms with E-state index in [1.54, 1.807) is 0 Å². The molecule has 0 aromatic heterocycles. The Morgan fingerprint density at radius 1 is 1.45 bits per heavy atom. The lowest BCUT2D eigenvalue weighted by molar-refractivity contribution is -0.138. The molecule has 0 amide bonds. The largest absolute Gasteiger partial charge is 0.463 e. The highest BCUT2D eigenvalue weighted by atomic mass is 35.5. The minimum atomic E-state index is -0.330. The molecule has 0 fully saturated rings. The summed E-state index contributed by atoms with van der Waals surface area (Å²) in [6.07, 6.45) is 8.59. The van der Waals surface area contributed by atoms with Gasteiger partial charge in [0.25, 0.3) is 0 Å². The smallest absolute Gasteiger partial charge is 0.330 e. The molecule has 0 saturated heterocycles. The molecule has 0 heterocycles. The van der Waals surface area contributed by atoms with Crippen molar-refractivity contribution in [3.05, 3.63) is 36.6 Å². The molecule has 0 aromatic carbocycles. The van der Waals surface area contributed by atoms with E-state index in [-0.39, 0.29) is 11.9 Å². The van der Waals surface area contributed by atoms with Crippen molar-refractivity contribution < 1.29 is 19.1 Å². The van der Waals surface area contributed by atoms with E-state index in [1.165, 1.54) is 19.4 Å². The number of carbonyl (C=O) groups is 2. The fraction of sp³-hybridized carbons (Fsp3) is 0.467. The maximum atomic E-state index is 10.3. The van der Waals surface area contributed by atoms with Gasteiger partial charge in [-0.15, -0.1) is 0 Å². The highest BCUT2D eigenvalue weighted by Gasteiger charge is 1.97. The third kappa shape index (κ3) is 18.8. The average Bonchev–Trinajstić information content (AvgIpc) is 2.37. The molecular weight excluding hydrogens is 280 g/mol. The summed E-state index contributed by atoms with van der Waals surface area (Å²) in [7, 11) is 0. The van der Waals surface area contributed by atoms with E-state index in [1.807, 2.05) is 13.0 Å². The second kappa shape index (κ2) is 15.5. The lowest BCUT2D eigenvalue weighted by atomic mass is 10.1. The molecule has 0 aliphatic heterocycles. The fourth-order valence-electron chi connectivity index (χ4n) is 0.747. The molecule has 1 rings (SSSR count). The summed E-state index contributed by atoms with van der Waals surface area (Å²) < 4.78 is 8.84. The summed E-state index contributed by atoms with van der Waals surface area (Å²) in [5.41, 5.74) is 0. The van der Waals surface area contributed by atoms with Gasteiger partial charge in [0.15, 0.2) is 0 Å². The molecule has 5 heteroatoms. The van der Waals surface area contributed by atoms with Crippen molar-refractivity contribution in [2.24, 2.45) is 0 Å². The Labute approximate surface area is 126 Å². The first-order chi connectivity index (χ1) is 9.47. The highest BCUT2D eigenvalue weighted by molar-refractivity contribution is 6.30. The van der Waals surface area contributed by atoms with E-state index in [2.05, 4.69) is 22.6 Å². The van der Waals surface area contributed by atoms with Gasteiger partial charge < -0.3 is 9.47 Å². The first-order valence-corrected chi connectivity index (χ1v) is 6.77. The third-order valence-electron chi connectivity index (χ3n) is 1.91. The Balaban J connectivity index is 0. The molecule has 0 aromatic rings. The van der Waals surface area contributed by atoms with Gasteiger partial charge in [0.1, 0.15) is 0 Å². The van der Waals surface area contributed by atoms with E-state index in [0.29, 0.717) is 6.61 Å². The van der Waals surface area contributed by atoms with Crippen LogP contribution in [0.25, 0.3) is 0 Å². The number of hydrogen-bond donors (Lipinski definition) is 0. The zero-order valence-electron chi connectivity index (χ0n) is 12.2. The van der Waals surface area contributed by atoms with Gasteiger partial charge in [-0.05, 0) is 19.3 Å². The Morgan fingerprint density at radius 3 is 2.20 bits per heavy atom. The van der Waals surface area contributed by atoms with Gasteiger partial charge in [-0.25, -0.2) is 4.79 Å². The Kier molecular flexibility index (Phi) is 16.1. The number of carbonyl (C=O) groups excluding carboxylic acids is 2. The Morgan fingerprint density at radius 2 is 2.00 bits per heavy atom. The summed E-state index contributed by atoms with van der Waals surface area (Å²) in [5.74, 6) is -0.659. The van der Waals surface area contributed by atoms with Crippen LogP contribution in [0.3, 0.4) is 0 Å². The van der Waals surface area contributed by atoms with Crippen LogP contribution in [0.1, 0.15) is 39.5 Å². The van der Waals surface area contributed by atoms with Crippen LogP contribution < -0.4 is 0 Å². The van der Waals surface area contributed by atoms with Gasteiger partial charge in [-0.2, -0.15) is 0 Å². The molecule has 4 nitrogen and oxygen atoms in total. The van der Waals surface area contributed by atoms with Crippen LogP contribution in [0, 0.1) is 0 Å². The minimum absolute atomic E-state index is 0.329. The fourth-order valence-corrected chi connectivity index (χ4v) is 0.965. The zero-order chi connectivity index (χ0) is 15.8. The predicted molar refractivity (Wildman–Crippen MR) is 81.2 cm³/mol. The topological polar surface area (TPSA) is 52.6 Å².